The molecule has 33 heavy (non-hydrogen) atoms. The average molecular weight is 443 g/mol. The molecule has 0 N–H and O–H groups in total. The molecule has 4 heterocycles. The van der Waals surface area contributed by atoms with Gasteiger partial charge in [-0.25, -0.2) is 8.91 Å². The minimum atomic E-state index is -0.319. The lowest BCUT2D eigenvalue weighted by Gasteiger charge is -2.11. The van der Waals surface area contributed by atoms with Gasteiger partial charge in [-0.1, -0.05) is 18.2 Å². The molecule has 0 aliphatic carbocycles. The number of fused-ring (bicyclic) bond motifs is 4. The van der Waals surface area contributed by atoms with Crippen LogP contribution in [0.15, 0.2) is 65.7 Å². The van der Waals surface area contributed by atoms with Crippen molar-refractivity contribution in [2.75, 3.05) is 13.2 Å². The fourth-order valence-corrected chi connectivity index (χ4v) is 3.99. The first-order valence-corrected chi connectivity index (χ1v) is 10.6. The van der Waals surface area contributed by atoms with E-state index in [0.717, 1.165) is 17.5 Å². The molecule has 0 fully saturated rings. The third kappa shape index (κ3) is 3.38. The minimum absolute atomic E-state index is 0.216. The van der Waals surface area contributed by atoms with Gasteiger partial charge in [-0.05, 0) is 41.5 Å². The van der Waals surface area contributed by atoms with Gasteiger partial charge in [0.25, 0.3) is 5.56 Å². The fourth-order valence-electron chi connectivity index (χ4n) is 3.99. The lowest BCUT2D eigenvalue weighted by molar-refractivity contribution is 0.297. The first-order chi connectivity index (χ1) is 16.2. The molecule has 9 heteroatoms. The predicted octanol–water partition coefficient (Wildman–Crippen LogP) is 3.45. The number of nitrogens with zero attached hydrogens (tertiary/aromatic N) is 5. The molecule has 0 saturated heterocycles. The normalized spacial score (nSPS) is 13.4. The van der Waals surface area contributed by atoms with Gasteiger partial charge in [0.2, 0.25) is 0 Å². The van der Waals surface area contributed by atoms with Crippen molar-refractivity contribution in [3.8, 4) is 22.6 Å². The maximum absolute atomic E-state index is 13.3. The van der Waals surface area contributed by atoms with E-state index in [2.05, 4.69) is 15.3 Å². The van der Waals surface area contributed by atoms with Gasteiger partial charge in [0.15, 0.2) is 22.7 Å². The van der Waals surface area contributed by atoms with Crippen LogP contribution >= 0.6 is 0 Å². The summed E-state index contributed by atoms with van der Waals surface area (Å²) in [5.41, 5.74) is 3.37. The lowest BCUT2D eigenvalue weighted by atomic mass is 10.1. The van der Waals surface area contributed by atoms with Crippen LogP contribution < -0.4 is 15.0 Å². The number of benzene rings is 2. The molecule has 6 rings (SSSR count). The van der Waals surface area contributed by atoms with Crippen LogP contribution in [0, 0.1) is 5.82 Å². The molecule has 1 aliphatic heterocycles. The maximum atomic E-state index is 13.3. The smallest absolute Gasteiger partial charge is 0.280 e. The summed E-state index contributed by atoms with van der Waals surface area (Å²) in [5.74, 6) is 1.08. The number of pyridine rings is 1. The Labute approximate surface area is 186 Å². The van der Waals surface area contributed by atoms with Gasteiger partial charge < -0.3 is 14.0 Å². The summed E-state index contributed by atoms with van der Waals surface area (Å²) in [5, 5.41) is 12.9. The van der Waals surface area contributed by atoms with Gasteiger partial charge in [-0.2, -0.15) is 5.10 Å². The van der Waals surface area contributed by atoms with Crippen LogP contribution in [-0.2, 0) is 6.54 Å². The summed E-state index contributed by atoms with van der Waals surface area (Å²) in [6.07, 6.45) is 4.19. The van der Waals surface area contributed by atoms with E-state index >= 15 is 0 Å². The SMILES string of the molecule is O=c1c2nnc3c(-c4ccc(F)cc4)cnn3c2ccn1Cc1ccc2c(c1)OCCCO2. The van der Waals surface area contributed by atoms with E-state index in [-0.39, 0.29) is 16.9 Å². The summed E-state index contributed by atoms with van der Waals surface area (Å²) in [6.45, 7) is 1.58. The topological polar surface area (TPSA) is 83.5 Å². The van der Waals surface area contributed by atoms with Gasteiger partial charge in [0.1, 0.15) is 11.3 Å². The third-order valence-electron chi connectivity index (χ3n) is 5.66. The zero-order chi connectivity index (χ0) is 22.4. The van der Waals surface area contributed by atoms with E-state index in [1.54, 1.807) is 39.7 Å². The number of halogens is 1. The Balaban J connectivity index is 1.39. The van der Waals surface area contributed by atoms with Crippen LogP contribution in [0.2, 0.25) is 0 Å². The Bertz CT molecular complexity index is 1560. The molecule has 3 aromatic heterocycles. The molecule has 8 nitrogen and oxygen atoms in total. The van der Waals surface area contributed by atoms with Crippen LogP contribution in [0.25, 0.3) is 27.8 Å². The molecular formula is C24H18FN5O3. The second kappa shape index (κ2) is 7.70. The molecular weight excluding hydrogens is 425 g/mol. The third-order valence-corrected chi connectivity index (χ3v) is 5.66. The van der Waals surface area contributed by atoms with Crippen molar-refractivity contribution in [2.24, 2.45) is 0 Å². The van der Waals surface area contributed by atoms with Crippen LogP contribution in [-0.4, -0.2) is 37.6 Å². The first kappa shape index (κ1) is 19.4. The highest BCUT2D eigenvalue weighted by Crippen LogP contribution is 2.30. The fraction of sp³-hybridized carbons (Fsp3) is 0.167. The monoisotopic (exact) mass is 443 g/mol. The Morgan fingerprint density at radius 1 is 0.970 bits per heavy atom. The average Bonchev–Trinajstić information content (AvgIpc) is 3.13. The van der Waals surface area contributed by atoms with Crippen molar-refractivity contribution < 1.29 is 13.9 Å². The van der Waals surface area contributed by atoms with Crippen LogP contribution in [0.5, 0.6) is 11.5 Å². The first-order valence-electron chi connectivity index (χ1n) is 10.6. The molecule has 1 aliphatic rings. The zero-order valence-electron chi connectivity index (χ0n) is 17.4. The lowest BCUT2D eigenvalue weighted by Crippen LogP contribution is -2.22. The summed E-state index contributed by atoms with van der Waals surface area (Å²) in [7, 11) is 0. The highest BCUT2D eigenvalue weighted by molar-refractivity contribution is 5.82. The number of hydrogen-bond donors (Lipinski definition) is 0. The van der Waals surface area contributed by atoms with Crippen LogP contribution in [0.1, 0.15) is 12.0 Å². The molecule has 5 aromatic rings. The number of aromatic nitrogens is 5. The molecule has 0 amide bonds. The van der Waals surface area contributed by atoms with Gasteiger partial charge >= 0.3 is 0 Å². The quantitative estimate of drug-likeness (QED) is 0.425. The van der Waals surface area contributed by atoms with E-state index in [1.165, 1.54) is 12.1 Å². The van der Waals surface area contributed by atoms with E-state index in [9.17, 15) is 9.18 Å². The Kier molecular flexibility index (Phi) is 4.53. The maximum Gasteiger partial charge on any atom is 0.280 e. The van der Waals surface area contributed by atoms with Gasteiger partial charge in [0, 0.05) is 18.2 Å². The molecule has 0 saturated carbocycles. The van der Waals surface area contributed by atoms with Crippen molar-refractivity contribution in [2.45, 2.75) is 13.0 Å². The standard InChI is InChI=1S/C24H18FN5O3/c25-17-5-3-16(4-6-17)18-13-26-30-19-8-9-29(24(31)22(19)27-28-23(18)30)14-15-2-7-20-21(12-15)33-11-1-10-32-20/h2-9,12-13H,1,10-11,14H2. The summed E-state index contributed by atoms with van der Waals surface area (Å²) < 4.78 is 27.9. The van der Waals surface area contributed by atoms with E-state index in [0.29, 0.717) is 48.0 Å². The number of hydrogen-bond acceptors (Lipinski definition) is 6. The Hall–Kier alpha value is -4.27. The molecule has 164 valence electrons. The second-order valence-electron chi connectivity index (χ2n) is 7.81. The summed E-state index contributed by atoms with van der Waals surface area (Å²) in [6, 6.07) is 13.6. The summed E-state index contributed by atoms with van der Waals surface area (Å²) in [4.78, 5) is 13.2. The molecule has 0 atom stereocenters. The van der Waals surface area contributed by atoms with Crippen molar-refractivity contribution >= 4 is 16.7 Å². The molecule has 0 bridgehead atoms. The highest BCUT2D eigenvalue weighted by atomic mass is 19.1. The van der Waals surface area contributed by atoms with Gasteiger partial charge in [-0.15, -0.1) is 10.2 Å². The minimum Gasteiger partial charge on any atom is -0.490 e. The predicted molar refractivity (Wildman–Crippen MR) is 119 cm³/mol. The Morgan fingerprint density at radius 3 is 2.64 bits per heavy atom. The van der Waals surface area contributed by atoms with Crippen LogP contribution in [0.3, 0.4) is 0 Å². The summed E-state index contributed by atoms with van der Waals surface area (Å²) >= 11 is 0. The largest absolute Gasteiger partial charge is 0.490 e. The Morgan fingerprint density at radius 2 is 1.79 bits per heavy atom. The zero-order valence-corrected chi connectivity index (χ0v) is 17.4. The number of rotatable bonds is 3. The van der Waals surface area contributed by atoms with E-state index in [4.69, 9.17) is 9.47 Å². The van der Waals surface area contributed by atoms with Crippen molar-refractivity contribution in [3.05, 3.63) is 82.7 Å². The van der Waals surface area contributed by atoms with Crippen LogP contribution in [0.4, 0.5) is 4.39 Å². The molecule has 2 aromatic carbocycles. The van der Waals surface area contributed by atoms with Crippen molar-refractivity contribution in [3.63, 3.8) is 0 Å². The van der Waals surface area contributed by atoms with Crippen molar-refractivity contribution in [1.29, 1.82) is 0 Å². The second-order valence-corrected chi connectivity index (χ2v) is 7.81. The van der Waals surface area contributed by atoms with Gasteiger partial charge in [0.05, 0.1) is 26.0 Å². The van der Waals surface area contributed by atoms with Crippen molar-refractivity contribution in [1.82, 2.24) is 24.4 Å². The van der Waals surface area contributed by atoms with E-state index < -0.39 is 0 Å². The van der Waals surface area contributed by atoms with E-state index in [1.807, 2.05) is 18.2 Å². The molecule has 0 unspecified atom stereocenters. The molecule has 0 spiro atoms. The van der Waals surface area contributed by atoms with Gasteiger partial charge in [-0.3, -0.25) is 4.79 Å². The highest BCUT2D eigenvalue weighted by Gasteiger charge is 2.15. The number of ether oxygens (including phenoxy) is 2. The molecule has 0 radical (unpaired) electrons.